The third-order valence-electron chi connectivity index (χ3n) is 5.13. The minimum Gasteiger partial charge on any atom is -0.262 e. The van der Waals surface area contributed by atoms with Gasteiger partial charge in [0.1, 0.15) is 0 Å². The van der Waals surface area contributed by atoms with Crippen LogP contribution in [-0.2, 0) is 28.6 Å². The van der Waals surface area contributed by atoms with Gasteiger partial charge in [-0.1, -0.05) is 121 Å². The molecule has 11 heteroatoms. The third kappa shape index (κ3) is 14.0. The molecule has 41 heavy (non-hydrogen) atoms. The molecule has 0 aliphatic rings. The first-order valence-electron chi connectivity index (χ1n) is 12.4. The molecule has 2 N–H and O–H groups in total. The number of thiocarbonyl (C=S) groups is 2. The van der Waals surface area contributed by atoms with Gasteiger partial charge in [-0.15, -0.1) is 0 Å². The van der Waals surface area contributed by atoms with Crippen molar-refractivity contribution >= 4 is 68.0 Å². The Labute approximate surface area is 271 Å². The van der Waals surface area contributed by atoms with Crippen LogP contribution < -0.4 is 10.9 Å². The van der Waals surface area contributed by atoms with E-state index in [0.29, 0.717) is 8.64 Å². The second kappa shape index (κ2) is 20.0. The van der Waals surface area contributed by atoms with E-state index < -0.39 is 0 Å². The molecule has 0 aliphatic carbocycles. The zero-order chi connectivity index (χ0) is 28.4. The molecule has 2 aromatic heterocycles. The van der Waals surface area contributed by atoms with Crippen molar-refractivity contribution in [1.29, 1.82) is 0 Å². The van der Waals surface area contributed by atoms with Gasteiger partial charge >= 0.3 is 0 Å². The maximum absolute atomic E-state index is 5.25. The SMILES string of the molecule is CC(=NNC(=S)SCc1ccccc1)c1ccccn1.CC(=NNC(=S)SCc1ccccc1)c1ccccn1.[Cu]. The fourth-order valence-corrected chi connectivity index (χ4v) is 4.68. The van der Waals surface area contributed by atoms with E-state index in [4.69, 9.17) is 24.4 Å². The largest absolute Gasteiger partial charge is 0.262 e. The minimum atomic E-state index is 0. The van der Waals surface area contributed by atoms with E-state index in [1.807, 2.05) is 86.6 Å². The van der Waals surface area contributed by atoms with E-state index in [2.05, 4.69) is 55.3 Å². The molecule has 0 unspecified atom stereocenters. The summed E-state index contributed by atoms with van der Waals surface area (Å²) in [4.78, 5) is 8.46. The molecule has 4 rings (SSSR count). The summed E-state index contributed by atoms with van der Waals surface area (Å²) in [6, 6.07) is 31.9. The summed E-state index contributed by atoms with van der Waals surface area (Å²) in [7, 11) is 0. The first-order valence-corrected chi connectivity index (χ1v) is 15.1. The smallest absolute Gasteiger partial charge is 0.154 e. The summed E-state index contributed by atoms with van der Waals surface area (Å²) in [5.41, 5.74) is 11.6. The van der Waals surface area contributed by atoms with Crippen LogP contribution in [0.1, 0.15) is 36.4 Å². The van der Waals surface area contributed by atoms with Crippen LogP contribution in [0.5, 0.6) is 0 Å². The van der Waals surface area contributed by atoms with Crippen LogP contribution >= 0.6 is 48.0 Å². The quantitative estimate of drug-likeness (QED) is 0.0884. The van der Waals surface area contributed by atoms with Crippen LogP contribution in [0.25, 0.3) is 0 Å². The van der Waals surface area contributed by atoms with Gasteiger partial charge in [0.15, 0.2) is 8.64 Å². The standard InChI is InChI=1S/2C15H15N3S2.Cu/c2*1-12(14-9-5-6-10-16-14)17-18-15(19)20-11-13-7-3-2-4-8-13;/h2*2-10H,11H2,1H3,(H,18,19);. The van der Waals surface area contributed by atoms with E-state index in [-0.39, 0.29) is 17.1 Å². The Balaban J connectivity index is 0.000000280. The van der Waals surface area contributed by atoms with Crippen LogP contribution in [0.4, 0.5) is 0 Å². The summed E-state index contributed by atoms with van der Waals surface area (Å²) in [5, 5.41) is 8.50. The van der Waals surface area contributed by atoms with Crippen LogP contribution in [0, 0.1) is 0 Å². The zero-order valence-corrected chi connectivity index (χ0v) is 26.7. The maximum atomic E-state index is 5.25. The average Bonchev–Trinajstić information content (AvgIpc) is 3.02. The Hall–Kier alpha value is -2.92. The van der Waals surface area contributed by atoms with Gasteiger partial charge in [-0.3, -0.25) is 20.8 Å². The molecule has 6 nitrogen and oxygen atoms in total. The molecule has 0 fully saturated rings. The number of hydrogen-bond acceptors (Lipinski definition) is 8. The molecule has 0 saturated heterocycles. The number of hydrazone groups is 2. The molecule has 0 amide bonds. The van der Waals surface area contributed by atoms with Gasteiger partial charge in [0, 0.05) is 41.0 Å². The summed E-state index contributed by atoms with van der Waals surface area (Å²) < 4.78 is 1.31. The van der Waals surface area contributed by atoms with E-state index in [9.17, 15) is 0 Å². The number of hydrogen-bond donors (Lipinski definition) is 2. The van der Waals surface area contributed by atoms with Crippen molar-refractivity contribution in [3.8, 4) is 0 Å². The van der Waals surface area contributed by atoms with Crippen molar-refractivity contribution in [3.05, 3.63) is 132 Å². The summed E-state index contributed by atoms with van der Waals surface area (Å²) in [5.74, 6) is 1.68. The molecular weight excluding hydrogens is 636 g/mol. The molecule has 215 valence electrons. The first-order chi connectivity index (χ1) is 19.5. The Bertz CT molecular complexity index is 1280. The topological polar surface area (TPSA) is 74.6 Å². The van der Waals surface area contributed by atoms with Gasteiger partial charge in [0.05, 0.1) is 22.8 Å². The molecule has 0 bridgehead atoms. The first kappa shape index (κ1) is 34.3. The molecule has 2 aromatic carbocycles. The molecule has 0 spiro atoms. The van der Waals surface area contributed by atoms with E-state index in [1.54, 1.807) is 35.9 Å². The number of aromatic nitrogens is 2. The van der Waals surface area contributed by atoms with Crippen molar-refractivity contribution in [2.45, 2.75) is 25.4 Å². The van der Waals surface area contributed by atoms with E-state index in [1.165, 1.54) is 11.1 Å². The van der Waals surface area contributed by atoms with Crippen LogP contribution in [0.3, 0.4) is 0 Å². The monoisotopic (exact) mass is 665 g/mol. The third-order valence-corrected chi connectivity index (χ3v) is 7.68. The normalized spacial score (nSPS) is 10.9. The van der Waals surface area contributed by atoms with Crippen molar-refractivity contribution in [2.24, 2.45) is 10.2 Å². The molecule has 0 aliphatic heterocycles. The molecule has 0 saturated carbocycles. The fourth-order valence-electron chi connectivity index (χ4n) is 3.04. The number of nitrogens with one attached hydrogen (secondary N) is 2. The van der Waals surface area contributed by atoms with Gasteiger partial charge in [-0.05, 0) is 49.2 Å². The Morgan fingerprint density at radius 1 is 0.610 bits per heavy atom. The molecule has 1 radical (unpaired) electrons. The Morgan fingerprint density at radius 3 is 1.32 bits per heavy atom. The number of pyridine rings is 2. The van der Waals surface area contributed by atoms with Gasteiger partial charge in [0.25, 0.3) is 0 Å². The summed E-state index contributed by atoms with van der Waals surface area (Å²) in [6.07, 6.45) is 3.49. The summed E-state index contributed by atoms with van der Waals surface area (Å²) >= 11 is 13.6. The average molecular weight is 666 g/mol. The van der Waals surface area contributed by atoms with E-state index >= 15 is 0 Å². The Morgan fingerprint density at radius 2 is 0.976 bits per heavy atom. The molecule has 0 atom stereocenters. The zero-order valence-electron chi connectivity index (χ0n) is 22.5. The molecule has 2 heterocycles. The second-order valence-electron chi connectivity index (χ2n) is 8.17. The maximum Gasteiger partial charge on any atom is 0.154 e. The van der Waals surface area contributed by atoms with Crippen molar-refractivity contribution < 1.29 is 17.1 Å². The number of benzene rings is 2. The minimum absolute atomic E-state index is 0. The van der Waals surface area contributed by atoms with Crippen LogP contribution in [0.15, 0.2) is 120 Å². The van der Waals surface area contributed by atoms with Gasteiger partial charge in [0.2, 0.25) is 0 Å². The van der Waals surface area contributed by atoms with Crippen molar-refractivity contribution in [3.63, 3.8) is 0 Å². The molecular formula is C30H30CuN6S4. The Kier molecular flexibility index (Phi) is 16.8. The number of rotatable bonds is 8. The molecule has 4 aromatic rings. The predicted molar refractivity (Wildman–Crippen MR) is 180 cm³/mol. The van der Waals surface area contributed by atoms with Crippen molar-refractivity contribution in [2.75, 3.05) is 0 Å². The van der Waals surface area contributed by atoms with Gasteiger partial charge < -0.3 is 0 Å². The van der Waals surface area contributed by atoms with Gasteiger partial charge in [-0.2, -0.15) is 10.2 Å². The van der Waals surface area contributed by atoms with Gasteiger partial charge in [-0.25, -0.2) is 0 Å². The fraction of sp³-hybridized carbons (Fsp3) is 0.133. The van der Waals surface area contributed by atoms with Crippen LogP contribution in [0.2, 0.25) is 0 Å². The number of nitrogens with zero attached hydrogens (tertiary/aromatic N) is 4. The summed E-state index contributed by atoms with van der Waals surface area (Å²) in [6.45, 7) is 3.81. The van der Waals surface area contributed by atoms with E-state index in [0.717, 1.165) is 34.3 Å². The predicted octanol–water partition coefficient (Wildman–Crippen LogP) is 7.22. The second-order valence-corrected chi connectivity index (χ2v) is 11.5. The van der Waals surface area contributed by atoms with Crippen molar-refractivity contribution in [1.82, 2.24) is 20.8 Å². The number of thioether (sulfide) groups is 2. The van der Waals surface area contributed by atoms with Crippen LogP contribution in [-0.4, -0.2) is 30.0 Å².